The minimum atomic E-state index is -0.139. The summed E-state index contributed by atoms with van der Waals surface area (Å²) < 4.78 is 0. The summed E-state index contributed by atoms with van der Waals surface area (Å²) >= 11 is 1.70. The molecule has 0 unspecified atom stereocenters. The molecule has 0 aliphatic rings. The third-order valence-corrected chi connectivity index (χ3v) is 6.24. The Hall–Kier alpha value is -3.25. The lowest BCUT2D eigenvalue weighted by Crippen LogP contribution is -2.16. The van der Waals surface area contributed by atoms with Crippen LogP contribution >= 0.6 is 11.8 Å². The molecule has 0 radical (unpaired) electrons. The zero-order valence-corrected chi connectivity index (χ0v) is 19.0. The Kier molecular flexibility index (Phi) is 7.12. The normalized spacial score (nSPS) is 11.2. The molecule has 1 heterocycles. The van der Waals surface area contributed by atoms with Crippen molar-refractivity contribution in [1.29, 1.82) is 0 Å². The lowest BCUT2D eigenvalue weighted by molar-refractivity contribution is 0.745. The van der Waals surface area contributed by atoms with Crippen LogP contribution in [0, 0.1) is 0 Å². The van der Waals surface area contributed by atoms with E-state index >= 15 is 0 Å². The van der Waals surface area contributed by atoms with E-state index in [1.165, 1.54) is 11.1 Å². The van der Waals surface area contributed by atoms with Gasteiger partial charge in [-0.3, -0.25) is 4.79 Å². The Morgan fingerprint density at radius 1 is 1.03 bits per heavy atom. The monoisotopic (exact) mass is 444 g/mol. The number of thioether (sulfide) groups is 1. The summed E-state index contributed by atoms with van der Waals surface area (Å²) in [6, 6.07) is 24.9. The number of aromatic nitrogens is 2. The molecule has 164 valence electrons. The molecule has 3 aromatic carbocycles. The topological polar surface area (TPSA) is 83.8 Å². The number of fused-ring (bicyclic) bond motifs is 1. The molecule has 0 spiro atoms. The molecule has 0 saturated heterocycles. The highest BCUT2D eigenvalue weighted by molar-refractivity contribution is 7.98. The quantitative estimate of drug-likeness (QED) is 0.315. The van der Waals surface area contributed by atoms with Crippen molar-refractivity contribution in [2.24, 2.45) is 0 Å². The summed E-state index contributed by atoms with van der Waals surface area (Å²) in [5, 5.41) is 3.49. The number of nitrogens with zero attached hydrogens (tertiary/aromatic N) is 1. The van der Waals surface area contributed by atoms with Crippen LogP contribution in [-0.4, -0.2) is 28.5 Å². The number of rotatable bonds is 9. The molecule has 0 saturated carbocycles. The van der Waals surface area contributed by atoms with Gasteiger partial charge in [-0.05, 0) is 41.7 Å². The fourth-order valence-electron chi connectivity index (χ4n) is 3.96. The number of hydrogen-bond donors (Lipinski definition) is 3. The van der Waals surface area contributed by atoms with E-state index in [0.29, 0.717) is 29.2 Å². The van der Waals surface area contributed by atoms with Crippen molar-refractivity contribution < 1.29 is 0 Å². The SMILES string of the molecule is CSCCc1nc2cc(NCCC(c3ccccc3)c3ccccc3)c(N)cc2[nH]c1=O. The Labute approximate surface area is 192 Å². The lowest BCUT2D eigenvalue weighted by atomic mass is 9.88. The number of nitrogens with one attached hydrogen (secondary N) is 2. The van der Waals surface area contributed by atoms with Crippen molar-refractivity contribution in [1.82, 2.24) is 9.97 Å². The number of benzene rings is 3. The summed E-state index contributed by atoms with van der Waals surface area (Å²) in [5.74, 6) is 1.15. The molecule has 0 amide bonds. The van der Waals surface area contributed by atoms with Crippen LogP contribution in [0.25, 0.3) is 11.0 Å². The second-order valence-electron chi connectivity index (χ2n) is 7.80. The first kappa shape index (κ1) is 22.0. The molecular weight excluding hydrogens is 416 g/mol. The molecule has 32 heavy (non-hydrogen) atoms. The smallest absolute Gasteiger partial charge is 0.270 e. The van der Waals surface area contributed by atoms with Gasteiger partial charge in [-0.15, -0.1) is 0 Å². The maximum absolute atomic E-state index is 12.3. The van der Waals surface area contributed by atoms with E-state index in [1.807, 2.05) is 24.5 Å². The third-order valence-electron chi connectivity index (χ3n) is 5.63. The van der Waals surface area contributed by atoms with Crippen molar-refractivity contribution in [2.45, 2.75) is 18.8 Å². The van der Waals surface area contributed by atoms with E-state index in [-0.39, 0.29) is 5.56 Å². The van der Waals surface area contributed by atoms with Gasteiger partial charge in [0.2, 0.25) is 0 Å². The molecule has 1 aromatic heterocycles. The van der Waals surface area contributed by atoms with Gasteiger partial charge in [0.1, 0.15) is 5.69 Å². The van der Waals surface area contributed by atoms with E-state index < -0.39 is 0 Å². The second-order valence-corrected chi connectivity index (χ2v) is 8.79. The minimum Gasteiger partial charge on any atom is -0.397 e. The number of aryl methyl sites for hydroxylation is 1. The van der Waals surface area contributed by atoms with Crippen LogP contribution in [0.4, 0.5) is 11.4 Å². The minimum absolute atomic E-state index is 0.139. The van der Waals surface area contributed by atoms with Crippen molar-refractivity contribution in [3.63, 3.8) is 0 Å². The van der Waals surface area contributed by atoms with Crippen molar-refractivity contribution in [2.75, 3.05) is 29.6 Å². The predicted molar refractivity (Wildman–Crippen MR) is 137 cm³/mol. The van der Waals surface area contributed by atoms with E-state index in [4.69, 9.17) is 5.73 Å². The molecule has 4 rings (SSSR count). The highest BCUT2D eigenvalue weighted by Crippen LogP contribution is 2.29. The average molecular weight is 445 g/mol. The summed E-state index contributed by atoms with van der Waals surface area (Å²) in [5.41, 5.74) is 12.2. The molecule has 4 aromatic rings. The maximum Gasteiger partial charge on any atom is 0.270 e. The molecule has 0 aliphatic heterocycles. The van der Waals surface area contributed by atoms with Gasteiger partial charge in [0, 0.05) is 18.9 Å². The third kappa shape index (κ3) is 5.14. The number of nitrogens with two attached hydrogens (primary N) is 1. The van der Waals surface area contributed by atoms with Crippen LogP contribution in [0.5, 0.6) is 0 Å². The number of aromatic amines is 1. The molecule has 0 bridgehead atoms. The first-order valence-electron chi connectivity index (χ1n) is 10.8. The van der Waals surface area contributed by atoms with Gasteiger partial charge in [0.15, 0.2) is 0 Å². The largest absolute Gasteiger partial charge is 0.397 e. The van der Waals surface area contributed by atoms with E-state index in [2.05, 4.69) is 63.8 Å². The molecule has 4 N–H and O–H groups in total. The highest BCUT2D eigenvalue weighted by atomic mass is 32.2. The molecular formula is C26H28N4OS. The van der Waals surface area contributed by atoms with Gasteiger partial charge in [-0.1, -0.05) is 60.7 Å². The number of H-pyrrole nitrogens is 1. The molecule has 6 heteroatoms. The van der Waals surface area contributed by atoms with E-state index in [0.717, 1.165) is 29.9 Å². The van der Waals surface area contributed by atoms with Crippen molar-refractivity contribution in [3.05, 3.63) is 100.0 Å². The number of hydrogen-bond acceptors (Lipinski definition) is 5. The molecule has 0 fully saturated rings. The predicted octanol–water partition coefficient (Wildman–Crippen LogP) is 5.04. The van der Waals surface area contributed by atoms with Gasteiger partial charge < -0.3 is 16.0 Å². The summed E-state index contributed by atoms with van der Waals surface area (Å²) in [7, 11) is 0. The van der Waals surface area contributed by atoms with Gasteiger partial charge in [0.05, 0.1) is 22.4 Å². The van der Waals surface area contributed by atoms with E-state index in [9.17, 15) is 4.79 Å². The number of nitrogen functional groups attached to an aromatic ring is 1. The molecule has 0 aliphatic carbocycles. The first-order valence-corrected chi connectivity index (χ1v) is 12.2. The zero-order valence-electron chi connectivity index (χ0n) is 18.2. The highest BCUT2D eigenvalue weighted by Gasteiger charge is 2.14. The zero-order chi connectivity index (χ0) is 22.3. The second kappa shape index (κ2) is 10.4. The van der Waals surface area contributed by atoms with Gasteiger partial charge in [-0.25, -0.2) is 4.98 Å². The Morgan fingerprint density at radius 2 is 1.69 bits per heavy atom. The van der Waals surface area contributed by atoms with Crippen molar-refractivity contribution in [3.8, 4) is 0 Å². The average Bonchev–Trinajstić information content (AvgIpc) is 2.82. The fourth-order valence-corrected chi connectivity index (χ4v) is 4.35. The number of anilines is 2. The summed E-state index contributed by atoms with van der Waals surface area (Å²) in [6.45, 7) is 0.757. The standard InChI is InChI=1S/C26H28N4OS/c1-32-15-13-22-26(31)30-24-16-21(27)23(17-25(24)29-22)28-14-12-20(18-8-4-2-5-9-18)19-10-6-3-7-11-19/h2-11,16-17,20,28H,12-15,27H2,1H3,(H,30,31). The fraction of sp³-hybridized carbons (Fsp3) is 0.231. The maximum atomic E-state index is 12.3. The Bertz CT molecular complexity index is 1190. The van der Waals surface area contributed by atoms with Crippen LogP contribution in [0.3, 0.4) is 0 Å². The summed E-state index contributed by atoms with van der Waals surface area (Å²) in [4.78, 5) is 19.8. The molecule has 5 nitrogen and oxygen atoms in total. The van der Waals surface area contributed by atoms with Crippen LogP contribution in [0.15, 0.2) is 77.6 Å². The van der Waals surface area contributed by atoms with Gasteiger partial charge in [-0.2, -0.15) is 11.8 Å². The van der Waals surface area contributed by atoms with E-state index in [1.54, 1.807) is 17.8 Å². The van der Waals surface area contributed by atoms with Crippen molar-refractivity contribution >= 4 is 34.2 Å². The van der Waals surface area contributed by atoms with Crippen LogP contribution in [-0.2, 0) is 6.42 Å². The van der Waals surface area contributed by atoms with Gasteiger partial charge >= 0.3 is 0 Å². The van der Waals surface area contributed by atoms with Crippen LogP contribution in [0.2, 0.25) is 0 Å². The van der Waals surface area contributed by atoms with Crippen LogP contribution in [0.1, 0.15) is 29.2 Å². The summed E-state index contributed by atoms with van der Waals surface area (Å²) in [6.07, 6.45) is 3.59. The molecule has 0 atom stereocenters. The Morgan fingerprint density at radius 3 is 2.31 bits per heavy atom. The van der Waals surface area contributed by atoms with Gasteiger partial charge in [0.25, 0.3) is 5.56 Å². The Balaban J connectivity index is 1.54. The van der Waals surface area contributed by atoms with Crippen LogP contribution < -0.4 is 16.6 Å². The lowest BCUT2D eigenvalue weighted by Gasteiger charge is -2.19. The first-order chi connectivity index (χ1) is 15.7.